The molecule has 0 aliphatic heterocycles. The quantitative estimate of drug-likeness (QED) is 0.886. The van der Waals surface area contributed by atoms with Gasteiger partial charge < -0.3 is 9.73 Å². The van der Waals surface area contributed by atoms with E-state index in [9.17, 15) is 4.39 Å². The SMILES string of the molecule is Cc1ccc(-c2ccoc2CNC(C)C)cc1F. The lowest BCUT2D eigenvalue weighted by molar-refractivity contribution is 0.466. The van der Waals surface area contributed by atoms with Crippen LogP contribution in [0.4, 0.5) is 4.39 Å². The summed E-state index contributed by atoms with van der Waals surface area (Å²) in [6, 6.07) is 7.53. The molecule has 0 fully saturated rings. The standard InChI is InChI=1S/C15H18FNO/c1-10(2)17-9-15-13(6-7-18-15)12-5-4-11(3)14(16)8-12/h4-8,10,17H,9H2,1-3H3. The van der Waals surface area contributed by atoms with E-state index in [4.69, 9.17) is 4.42 Å². The molecule has 1 heterocycles. The predicted octanol–water partition coefficient (Wildman–Crippen LogP) is 3.89. The second kappa shape index (κ2) is 5.36. The molecule has 2 rings (SSSR count). The van der Waals surface area contributed by atoms with Gasteiger partial charge in [-0.05, 0) is 30.2 Å². The van der Waals surface area contributed by atoms with Crippen LogP contribution in [0.5, 0.6) is 0 Å². The summed E-state index contributed by atoms with van der Waals surface area (Å²) in [5.74, 6) is 0.656. The fourth-order valence-corrected chi connectivity index (χ4v) is 1.79. The lowest BCUT2D eigenvalue weighted by Gasteiger charge is -2.08. The molecule has 0 atom stereocenters. The fourth-order valence-electron chi connectivity index (χ4n) is 1.79. The molecule has 0 bridgehead atoms. The summed E-state index contributed by atoms with van der Waals surface area (Å²) in [5, 5.41) is 3.30. The molecule has 0 aliphatic rings. The van der Waals surface area contributed by atoms with Gasteiger partial charge in [0.1, 0.15) is 11.6 Å². The third-order valence-corrected chi connectivity index (χ3v) is 2.90. The molecule has 0 spiro atoms. The highest BCUT2D eigenvalue weighted by atomic mass is 19.1. The monoisotopic (exact) mass is 247 g/mol. The van der Waals surface area contributed by atoms with E-state index >= 15 is 0 Å². The first-order chi connectivity index (χ1) is 8.58. The van der Waals surface area contributed by atoms with Crippen molar-refractivity contribution in [2.75, 3.05) is 0 Å². The largest absolute Gasteiger partial charge is 0.467 e. The third-order valence-electron chi connectivity index (χ3n) is 2.90. The Labute approximate surface area is 107 Å². The van der Waals surface area contributed by atoms with E-state index in [0.29, 0.717) is 18.2 Å². The Hall–Kier alpha value is -1.61. The molecule has 0 radical (unpaired) electrons. The molecule has 3 heteroatoms. The van der Waals surface area contributed by atoms with Crippen molar-refractivity contribution in [2.24, 2.45) is 0 Å². The van der Waals surface area contributed by atoms with Crippen molar-refractivity contribution in [1.29, 1.82) is 0 Å². The number of rotatable bonds is 4. The Kier molecular flexibility index (Phi) is 3.82. The van der Waals surface area contributed by atoms with Crippen molar-refractivity contribution in [3.63, 3.8) is 0 Å². The first-order valence-corrected chi connectivity index (χ1v) is 6.14. The van der Waals surface area contributed by atoms with Crippen molar-refractivity contribution in [2.45, 2.75) is 33.4 Å². The van der Waals surface area contributed by atoms with Crippen LogP contribution in [0.1, 0.15) is 25.2 Å². The average Bonchev–Trinajstić information content (AvgIpc) is 2.78. The van der Waals surface area contributed by atoms with E-state index in [1.54, 1.807) is 25.3 Å². The van der Waals surface area contributed by atoms with E-state index in [1.807, 2.05) is 12.1 Å². The maximum atomic E-state index is 13.6. The molecular formula is C15H18FNO. The molecule has 1 aromatic heterocycles. The van der Waals surface area contributed by atoms with Crippen LogP contribution >= 0.6 is 0 Å². The number of nitrogens with one attached hydrogen (secondary N) is 1. The van der Waals surface area contributed by atoms with Crippen LogP contribution < -0.4 is 5.32 Å². The molecule has 96 valence electrons. The molecule has 0 saturated carbocycles. The van der Waals surface area contributed by atoms with E-state index < -0.39 is 0 Å². The topological polar surface area (TPSA) is 25.2 Å². The first kappa shape index (κ1) is 12.8. The van der Waals surface area contributed by atoms with E-state index in [2.05, 4.69) is 19.2 Å². The number of halogens is 1. The van der Waals surface area contributed by atoms with Crippen molar-refractivity contribution < 1.29 is 8.81 Å². The molecule has 0 aliphatic carbocycles. The maximum Gasteiger partial charge on any atom is 0.126 e. The maximum absolute atomic E-state index is 13.6. The summed E-state index contributed by atoms with van der Waals surface area (Å²) in [4.78, 5) is 0. The summed E-state index contributed by atoms with van der Waals surface area (Å²) in [6.07, 6.45) is 1.64. The summed E-state index contributed by atoms with van der Waals surface area (Å²) < 4.78 is 19.0. The van der Waals surface area contributed by atoms with Gasteiger partial charge in [0.2, 0.25) is 0 Å². The van der Waals surface area contributed by atoms with E-state index in [1.165, 1.54) is 0 Å². The lowest BCUT2D eigenvalue weighted by Crippen LogP contribution is -2.21. The van der Waals surface area contributed by atoms with Gasteiger partial charge in [-0.3, -0.25) is 0 Å². The molecule has 1 N–H and O–H groups in total. The molecule has 1 aromatic carbocycles. The smallest absolute Gasteiger partial charge is 0.126 e. The number of hydrogen-bond acceptors (Lipinski definition) is 2. The Morgan fingerprint density at radius 2 is 2.06 bits per heavy atom. The van der Waals surface area contributed by atoms with Crippen LogP contribution in [0, 0.1) is 12.7 Å². The minimum absolute atomic E-state index is 0.184. The van der Waals surface area contributed by atoms with Gasteiger partial charge in [0.05, 0.1) is 12.8 Å². The molecular weight excluding hydrogens is 229 g/mol. The first-order valence-electron chi connectivity index (χ1n) is 6.14. The summed E-state index contributed by atoms with van der Waals surface area (Å²) in [5.41, 5.74) is 2.46. The highest BCUT2D eigenvalue weighted by molar-refractivity contribution is 5.65. The van der Waals surface area contributed by atoms with E-state index in [0.717, 1.165) is 16.9 Å². The van der Waals surface area contributed by atoms with Gasteiger partial charge in [-0.1, -0.05) is 26.0 Å². The van der Waals surface area contributed by atoms with Crippen LogP contribution in [-0.2, 0) is 6.54 Å². The second-order valence-corrected chi connectivity index (χ2v) is 4.76. The van der Waals surface area contributed by atoms with Gasteiger partial charge in [0.15, 0.2) is 0 Å². The molecule has 2 nitrogen and oxygen atoms in total. The third kappa shape index (κ3) is 2.79. The van der Waals surface area contributed by atoms with Gasteiger partial charge in [-0.15, -0.1) is 0 Å². The van der Waals surface area contributed by atoms with Crippen LogP contribution in [0.2, 0.25) is 0 Å². The highest BCUT2D eigenvalue weighted by Crippen LogP contribution is 2.26. The Balaban J connectivity index is 2.27. The molecule has 0 unspecified atom stereocenters. The van der Waals surface area contributed by atoms with Gasteiger partial charge in [0.25, 0.3) is 0 Å². The molecule has 0 saturated heterocycles. The highest BCUT2D eigenvalue weighted by Gasteiger charge is 2.10. The number of furan rings is 1. The van der Waals surface area contributed by atoms with Gasteiger partial charge in [0, 0.05) is 11.6 Å². The van der Waals surface area contributed by atoms with Crippen molar-refractivity contribution in [3.05, 3.63) is 47.7 Å². The van der Waals surface area contributed by atoms with Gasteiger partial charge >= 0.3 is 0 Å². The Bertz CT molecular complexity index is 531. The summed E-state index contributed by atoms with van der Waals surface area (Å²) >= 11 is 0. The number of aryl methyl sites for hydroxylation is 1. The van der Waals surface area contributed by atoms with Crippen molar-refractivity contribution in [3.8, 4) is 11.1 Å². The summed E-state index contributed by atoms with van der Waals surface area (Å²) in [7, 11) is 0. The van der Waals surface area contributed by atoms with Crippen LogP contribution in [0.15, 0.2) is 34.9 Å². The minimum Gasteiger partial charge on any atom is -0.467 e. The number of hydrogen-bond donors (Lipinski definition) is 1. The Morgan fingerprint density at radius 3 is 2.72 bits per heavy atom. The Morgan fingerprint density at radius 1 is 1.28 bits per heavy atom. The zero-order valence-electron chi connectivity index (χ0n) is 11.0. The fraction of sp³-hybridized carbons (Fsp3) is 0.333. The lowest BCUT2D eigenvalue weighted by atomic mass is 10.0. The second-order valence-electron chi connectivity index (χ2n) is 4.76. The van der Waals surface area contributed by atoms with Gasteiger partial charge in [-0.25, -0.2) is 4.39 Å². The summed E-state index contributed by atoms with van der Waals surface area (Å²) in [6.45, 7) is 6.56. The molecule has 18 heavy (non-hydrogen) atoms. The predicted molar refractivity (Wildman–Crippen MR) is 70.8 cm³/mol. The van der Waals surface area contributed by atoms with Gasteiger partial charge in [-0.2, -0.15) is 0 Å². The molecule has 0 amide bonds. The zero-order valence-corrected chi connectivity index (χ0v) is 11.0. The van der Waals surface area contributed by atoms with Crippen molar-refractivity contribution >= 4 is 0 Å². The van der Waals surface area contributed by atoms with E-state index in [-0.39, 0.29) is 5.82 Å². The van der Waals surface area contributed by atoms with Crippen LogP contribution in [0.3, 0.4) is 0 Å². The van der Waals surface area contributed by atoms with Crippen molar-refractivity contribution in [1.82, 2.24) is 5.32 Å². The minimum atomic E-state index is -0.184. The zero-order chi connectivity index (χ0) is 13.1. The average molecular weight is 247 g/mol. The molecule has 2 aromatic rings. The normalized spacial score (nSPS) is 11.2. The van der Waals surface area contributed by atoms with Crippen LogP contribution in [-0.4, -0.2) is 6.04 Å². The van der Waals surface area contributed by atoms with Crippen LogP contribution in [0.25, 0.3) is 11.1 Å². The number of benzene rings is 1.